The molecule has 1 amide bonds. The van der Waals surface area contributed by atoms with Gasteiger partial charge >= 0.3 is 6.09 Å². The number of nitrogens with one attached hydrogen (secondary N) is 1. The van der Waals surface area contributed by atoms with Gasteiger partial charge in [0, 0.05) is 9.64 Å². The van der Waals surface area contributed by atoms with Gasteiger partial charge in [0.05, 0.1) is 19.3 Å². The van der Waals surface area contributed by atoms with E-state index in [1.54, 1.807) is 6.20 Å². The number of rotatable bonds is 2. The van der Waals surface area contributed by atoms with Crippen LogP contribution in [0.2, 0.25) is 0 Å². The maximum atomic E-state index is 11.4. The molecule has 1 unspecified atom stereocenters. The average Bonchev–Trinajstić information content (AvgIpc) is 2.56. The summed E-state index contributed by atoms with van der Waals surface area (Å²) in [5.41, 5.74) is -0.190. The maximum absolute atomic E-state index is 11.4. The molecule has 2 rings (SSSR count). The molecule has 1 aromatic rings. The number of halogens is 1. The predicted octanol–water partition coefficient (Wildman–Crippen LogP) is -0.0437. The van der Waals surface area contributed by atoms with Gasteiger partial charge in [-0.3, -0.25) is 4.79 Å². The van der Waals surface area contributed by atoms with Crippen LogP contribution in [0.4, 0.5) is 4.79 Å². The van der Waals surface area contributed by atoms with Crippen molar-refractivity contribution in [2.24, 2.45) is 0 Å². The van der Waals surface area contributed by atoms with Crippen LogP contribution in [0.5, 0.6) is 0 Å². The molecule has 1 saturated heterocycles. The first kappa shape index (κ1) is 10.4. The lowest BCUT2D eigenvalue weighted by Gasteiger charge is -2.08. The lowest BCUT2D eigenvalue weighted by molar-refractivity contribution is 0.127. The van der Waals surface area contributed by atoms with E-state index in [1.165, 1.54) is 10.7 Å². The normalized spacial score (nSPS) is 19.8. The molecule has 1 aliphatic rings. The number of hydrogen-bond donors (Lipinski definition) is 1. The van der Waals surface area contributed by atoms with Crippen LogP contribution in [0.25, 0.3) is 0 Å². The highest BCUT2D eigenvalue weighted by atomic mass is 127. The molecule has 1 N–H and O–H groups in total. The fourth-order valence-electron chi connectivity index (χ4n) is 1.28. The third-order valence-corrected chi connectivity index (χ3v) is 2.55. The van der Waals surface area contributed by atoms with Gasteiger partial charge in [-0.1, -0.05) is 0 Å². The number of ether oxygens (including phenoxy) is 1. The Bertz CT molecular complexity index is 445. The summed E-state index contributed by atoms with van der Waals surface area (Å²) in [6.45, 7) is 0.702. The van der Waals surface area contributed by atoms with Gasteiger partial charge in [-0.05, 0) is 22.6 Å². The average molecular weight is 321 g/mol. The SMILES string of the molecule is O=C1NCC(Cn2ncc(I)cc2=O)O1. The Kier molecular flexibility index (Phi) is 2.89. The van der Waals surface area contributed by atoms with E-state index in [4.69, 9.17) is 4.74 Å². The van der Waals surface area contributed by atoms with Gasteiger partial charge < -0.3 is 10.1 Å². The van der Waals surface area contributed by atoms with Gasteiger partial charge in [-0.2, -0.15) is 5.10 Å². The van der Waals surface area contributed by atoms with E-state index in [0.29, 0.717) is 6.54 Å². The fourth-order valence-corrected chi connectivity index (χ4v) is 1.67. The zero-order chi connectivity index (χ0) is 10.8. The van der Waals surface area contributed by atoms with Crippen LogP contribution in [-0.4, -0.2) is 28.5 Å². The number of nitrogens with zero attached hydrogens (tertiary/aromatic N) is 2. The van der Waals surface area contributed by atoms with E-state index in [-0.39, 0.29) is 18.2 Å². The van der Waals surface area contributed by atoms with Crippen LogP contribution >= 0.6 is 22.6 Å². The lowest BCUT2D eigenvalue weighted by Crippen LogP contribution is -2.30. The van der Waals surface area contributed by atoms with Gasteiger partial charge in [0.25, 0.3) is 5.56 Å². The Hall–Kier alpha value is -1.12. The third-order valence-electron chi connectivity index (χ3n) is 1.96. The van der Waals surface area contributed by atoms with Crippen molar-refractivity contribution in [3.8, 4) is 0 Å². The summed E-state index contributed by atoms with van der Waals surface area (Å²) < 4.78 is 6.97. The molecule has 1 aromatic heterocycles. The second-order valence-electron chi connectivity index (χ2n) is 3.10. The molecule has 15 heavy (non-hydrogen) atoms. The monoisotopic (exact) mass is 321 g/mol. The Morgan fingerprint density at radius 2 is 2.47 bits per heavy atom. The molecule has 7 heteroatoms. The second-order valence-corrected chi connectivity index (χ2v) is 4.35. The molecule has 80 valence electrons. The van der Waals surface area contributed by atoms with E-state index in [0.717, 1.165) is 3.57 Å². The summed E-state index contributed by atoms with van der Waals surface area (Å²) in [5, 5.41) is 6.46. The van der Waals surface area contributed by atoms with Crippen molar-refractivity contribution in [1.29, 1.82) is 0 Å². The first-order chi connectivity index (χ1) is 7.15. The molecule has 0 spiro atoms. The van der Waals surface area contributed by atoms with Crippen molar-refractivity contribution < 1.29 is 9.53 Å². The zero-order valence-corrected chi connectivity index (χ0v) is 9.80. The van der Waals surface area contributed by atoms with Crippen LogP contribution in [0, 0.1) is 3.57 Å². The van der Waals surface area contributed by atoms with Gasteiger partial charge in [0.1, 0.15) is 6.10 Å². The van der Waals surface area contributed by atoms with Gasteiger partial charge in [0.2, 0.25) is 0 Å². The first-order valence-corrected chi connectivity index (χ1v) is 5.40. The lowest BCUT2D eigenvalue weighted by atomic mass is 10.3. The Morgan fingerprint density at radius 1 is 1.67 bits per heavy atom. The van der Waals surface area contributed by atoms with Crippen molar-refractivity contribution in [3.63, 3.8) is 0 Å². The summed E-state index contributed by atoms with van der Waals surface area (Å²) in [5.74, 6) is 0. The van der Waals surface area contributed by atoms with Crippen molar-refractivity contribution in [2.45, 2.75) is 12.6 Å². The Labute approximate surface area is 98.8 Å². The highest BCUT2D eigenvalue weighted by Crippen LogP contribution is 2.02. The number of carbonyl (C=O) groups is 1. The summed E-state index contributed by atoms with van der Waals surface area (Å²) >= 11 is 2.02. The van der Waals surface area contributed by atoms with Crippen LogP contribution in [-0.2, 0) is 11.3 Å². The highest BCUT2D eigenvalue weighted by Gasteiger charge is 2.23. The van der Waals surface area contributed by atoms with Gasteiger partial charge in [0.15, 0.2) is 0 Å². The van der Waals surface area contributed by atoms with Crippen molar-refractivity contribution in [2.75, 3.05) is 6.54 Å². The van der Waals surface area contributed by atoms with E-state index in [9.17, 15) is 9.59 Å². The van der Waals surface area contributed by atoms with E-state index in [2.05, 4.69) is 10.4 Å². The van der Waals surface area contributed by atoms with Crippen LogP contribution in [0.15, 0.2) is 17.1 Å². The molecule has 0 aliphatic carbocycles. The fraction of sp³-hybridized carbons (Fsp3) is 0.375. The number of hydrogen-bond acceptors (Lipinski definition) is 4. The summed E-state index contributed by atoms with van der Waals surface area (Å²) in [6.07, 6.45) is 0.827. The minimum absolute atomic E-state index is 0.190. The quantitative estimate of drug-likeness (QED) is 0.776. The van der Waals surface area contributed by atoms with Crippen molar-refractivity contribution in [3.05, 3.63) is 26.2 Å². The summed E-state index contributed by atoms with van der Waals surface area (Å²) in [6, 6.07) is 1.48. The topological polar surface area (TPSA) is 73.2 Å². The standard InChI is InChI=1S/C8H8IN3O3/c9-5-1-7(13)12(11-2-5)4-6-3-10-8(14)15-6/h1-2,6H,3-4H2,(H,10,14). The van der Waals surface area contributed by atoms with Crippen LogP contribution < -0.4 is 10.9 Å². The number of amides is 1. The van der Waals surface area contributed by atoms with Gasteiger partial charge in [-0.15, -0.1) is 0 Å². The summed E-state index contributed by atoms with van der Waals surface area (Å²) in [4.78, 5) is 22.2. The predicted molar refractivity (Wildman–Crippen MR) is 59.5 cm³/mol. The van der Waals surface area contributed by atoms with Crippen LogP contribution in [0.3, 0.4) is 0 Å². The molecule has 1 aliphatic heterocycles. The number of carbonyl (C=O) groups excluding carboxylic acids is 1. The molecule has 2 heterocycles. The maximum Gasteiger partial charge on any atom is 0.407 e. The third kappa shape index (κ3) is 2.46. The summed E-state index contributed by atoms with van der Waals surface area (Å²) in [7, 11) is 0. The molecule has 0 bridgehead atoms. The molecule has 1 fully saturated rings. The Morgan fingerprint density at radius 3 is 3.07 bits per heavy atom. The minimum Gasteiger partial charge on any atom is -0.442 e. The first-order valence-electron chi connectivity index (χ1n) is 4.32. The minimum atomic E-state index is -0.446. The van der Waals surface area contributed by atoms with Crippen molar-refractivity contribution >= 4 is 28.7 Å². The molecular formula is C8H8IN3O3. The molecule has 1 atom stereocenters. The molecular weight excluding hydrogens is 313 g/mol. The largest absolute Gasteiger partial charge is 0.442 e. The number of alkyl carbamates (subject to hydrolysis) is 1. The molecule has 0 aromatic carbocycles. The molecule has 0 saturated carbocycles. The smallest absolute Gasteiger partial charge is 0.407 e. The molecule has 6 nitrogen and oxygen atoms in total. The number of cyclic esters (lactones) is 1. The Balaban J connectivity index is 2.11. The highest BCUT2D eigenvalue weighted by molar-refractivity contribution is 14.1. The van der Waals surface area contributed by atoms with Gasteiger partial charge in [-0.25, -0.2) is 9.48 Å². The van der Waals surface area contributed by atoms with E-state index in [1.807, 2.05) is 22.6 Å². The van der Waals surface area contributed by atoms with E-state index < -0.39 is 6.09 Å². The zero-order valence-electron chi connectivity index (χ0n) is 7.64. The number of aromatic nitrogens is 2. The van der Waals surface area contributed by atoms with E-state index >= 15 is 0 Å². The molecule has 0 radical (unpaired) electrons. The van der Waals surface area contributed by atoms with Crippen molar-refractivity contribution in [1.82, 2.24) is 15.1 Å². The van der Waals surface area contributed by atoms with Crippen LogP contribution in [0.1, 0.15) is 0 Å². The second kappa shape index (κ2) is 4.17.